The van der Waals surface area contributed by atoms with E-state index in [0.29, 0.717) is 11.4 Å². The zero-order valence-corrected chi connectivity index (χ0v) is 20.0. The van der Waals surface area contributed by atoms with Gasteiger partial charge in [0.25, 0.3) is 5.91 Å². The third-order valence-electron chi connectivity index (χ3n) is 4.58. The number of amides is 2. The number of ether oxygens (including phenoxy) is 2. The van der Waals surface area contributed by atoms with Gasteiger partial charge in [-0.15, -0.1) is 0 Å². The molecule has 0 radical (unpaired) electrons. The highest BCUT2D eigenvalue weighted by atomic mass is 16.5. The zero-order chi connectivity index (χ0) is 26.8. The van der Waals surface area contributed by atoms with E-state index >= 15 is 0 Å². The molecule has 36 heavy (non-hydrogen) atoms. The number of carbonyl (C=O) groups excluding carboxylic acids is 6. The summed E-state index contributed by atoms with van der Waals surface area (Å²) in [5, 5.41) is 12.7. The van der Waals surface area contributed by atoms with E-state index in [4.69, 9.17) is 4.74 Å². The Morgan fingerprint density at radius 2 is 1.42 bits per heavy atom. The van der Waals surface area contributed by atoms with Crippen molar-refractivity contribution in [2.45, 2.75) is 26.3 Å². The smallest absolute Gasteiger partial charge is 0.340 e. The minimum Gasteiger partial charge on any atom is -0.465 e. The average molecular weight is 496 g/mol. The molecule has 12 nitrogen and oxygen atoms in total. The molecule has 0 aromatic heterocycles. The number of esters is 2. The van der Waals surface area contributed by atoms with E-state index in [0.717, 1.165) is 14.0 Å². The van der Waals surface area contributed by atoms with Crippen LogP contribution in [0.3, 0.4) is 0 Å². The van der Waals surface area contributed by atoms with Gasteiger partial charge < -0.3 is 20.1 Å². The van der Waals surface area contributed by atoms with Gasteiger partial charge in [-0.1, -0.05) is 0 Å². The minimum atomic E-state index is -1.56. The van der Waals surface area contributed by atoms with Crippen LogP contribution in [0.15, 0.2) is 52.7 Å². The molecule has 0 spiro atoms. The Balaban J connectivity index is 2.22. The molecule has 0 aliphatic carbocycles. The Morgan fingerprint density at radius 3 is 1.94 bits per heavy atom. The Labute approximate surface area is 206 Å². The van der Waals surface area contributed by atoms with E-state index in [9.17, 15) is 28.8 Å². The highest BCUT2D eigenvalue weighted by molar-refractivity contribution is 6.10. The van der Waals surface area contributed by atoms with E-state index in [1.54, 1.807) is 0 Å². The molecule has 0 heterocycles. The molecule has 1 atom stereocenters. The second-order valence-electron chi connectivity index (χ2n) is 7.44. The van der Waals surface area contributed by atoms with Gasteiger partial charge in [0.05, 0.1) is 31.8 Å². The van der Waals surface area contributed by atoms with Gasteiger partial charge in [-0.3, -0.25) is 19.2 Å². The predicted octanol–water partition coefficient (Wildman–Crippen LogP) is 2.86. The van der Waals surface area contributed by atoms with Crippen LogP contribution >= 0.6 is 0 Å². The first-order valence-electron chi connectivity index (χ1n) is 10.5. The number of azo groups is 1. The number of methoxy groups -OCH3 is 2. The number of benzene rings is 2. The summed E-state index contributed by atoms with van der Waals surface area (Å²) in [5.41, 5.74) is 0.628. The number of hydrogen-bond acceptors (Lipinski definition) is 10. The van der Waals surface area contributed by atoms with Gasteiger partial charge in [0.15, 0.2) is 5.78 Å². The molecule has 188 valence electrons. The van der Waals surface area contributed by atoms with Crippen molar-refractivity contribution >= 4 is 52.4 Å². The minimum absolute atomic E-state index is 0.0426. The fourth-order valence-corrected chi connectivity index (χ4v) is 2.86. The summed E-state index contributed by atoms with van der Waals surface area (Å²) in [6, 6.07) is 8.22. The van der Waals surface area contributed by atoms with Crippen LogP contribution in [0.5, 0.6) is 0 Å². The first kappa shape index (κ1) is 27.5. The quantitative estimate of drug-likeness (QED) is 0.287. The maximum atomic E-state index is 12.7. The van der Waals surface area contributed by atoms with Crippen molar-refractivity contribution in [2.24, 2.45) is 10.2 Å². The van der Waals surface area contributed by atoms with Crippen LogP contribution in [0.2, 0.25) is 0 Å². The van der Waals surface area contributed by atoms with Gasteiger partial charge >= 0.3 is 11.9 Å². The van der Waals surface area contributed by atoms with Gasteiger partial charge in [0, 0.05) is 11.4 Å². The number of nitrogens with one attached hydrogen (secondary N) is 2. The summed E-state index contributed by atoms with van der Waals surface area (Å²) in [5.74, 6) is -3.64. The number of carbonyl (C=O) groups is 6. The highest BCUT2D eigenvalue weighted by Crippen LogP contribution is 2.24. The van der Waals surface area contributed by atoms with Crippen molar-refractivity contribution in [1.82, 2.24) is 0 Å². The van der Waals surface area contributed by atoms with E-state index in [1.165, 1.54) is 56.5 Å². The Morgan fingerprint density at radius 1 is 0.833 bits per heavy atom. The Bertz CT molecular complexity index is 1220. The van der Waals surface area contributed by atoms with Crippen molar-refractivity contribution in [3.63, 3.8) is 0 Å². The molecule has 0 saturated carbocycles. The lowest BCUT2D eigenvalue weighted by Crippen LogP contribution is -2.31. The maximum absolute atomic E-state index is 12.7. The fraction of sp³-hybridized carbons (Fsp3) is 0.250. The fourth-order valence-electron chi connectivity index (χ4n) is 2.86. The Kier molecular flexibility index (Phi) is 9.66. The third-order valence-corrected chi connectivity index (χ3v) is 4.58. The van der Waals surface area contributed by atoms with Crippen LogP contribution in [0.25, 0.3) is 0 Å². The van der Waals surface area contributed by atoms with E-state index in [2.05, 4.69) is 25.6 Å². The number of rotatable bonds is 10. The molecular formula is C24H24N4O8. The molecule has 2 aromatic carbocycles. The van der Waals surface area contributed by atoms with Gasteiger partial charge in [-0.25, -0.2) is 9.59 Å². The summed E-state index contributed by atoms with van der Waals surface area (Å²) < 4.78 is 9.34. The van der Waals surface area contributed by atoms with Gasteiger partial charge in [0.2, 0.25) is 11.9 Å². The van der Waals surface area contributed by atoms with Crippen LogP contribution in [0.1, 0.15) is 41.0 Å². The van der Waals surface area contributed by atoms with Crippen LogP contribution in [-0.2, 0) is 28.7 Å². The van der Waals surface area contributed by atoms with Crippen molar-refractivity contribution in [1.29, 1.82) is 0 Å². The summed E-state index contributed by atoms with van der Waals surface area (Å²) in [6.45, 7) is 2.44. The van der Waals surface area contributed by atoms with Crippen LogP contribution in [-0.4, -0.2) is 55.6 Å². The molecule has 2 N–H and O–H groups in total. The molecule has 2 aromatic rings. The molecule has 0 fully saturated rings. The molecule has 2 rings (SSSR count). The van der Waals surface area contributed by atoms with Gasteiger partial charge in [0.1, 0.15) is 11.5 Å². The third kappa shape index (κ3) is 7.65. The van der Waals surface area contributed by atoms with Gasteiger partial charge in [-0.2, -0.15) is 10.2 Å². The highest BCUT2D eigenvalue weighted by Gasteiger charge is 2.24. The first-order chi connectivity index (χ1) is 17.0. The molecule has 12 heteroatoms. The lowest BCUT2D eigenvalue weighted by molar-refractivity contribution is -0.127. The number of hydrogen-bond donors (Lipinski definition) is 2. The van der Waals surface area contributed by atoms with Crippen molar-refractivity contribution in [2.75, 3.05) is 24.9 Å². The number of nitrogens with zero attached hydrogens (tertiary/aromatic N) is 2. The molecule has 2 amide bonds. The first-order valence-corrected chi connectivity index (χ1v) is 10.5. The van der Waals surface area contributed by atoms with Gasteiger partial charge in [-0.05, 0) is 56.3 Å². The molecule has 1 unspecified atom stereocenters. The standard InChI is InChI=1S/C24H24N4O8/c1-13(29)11-20(31)25-16-6-8-17(9-7-16)26-22(32)21(14(2)30)28-27-19-12-15(23(33)35-3)5-10-18(19)24(34)36-4/h5-10,12,21H,11H2,1-4H3,(H,25,31)(H,26,32). The SMILES string of the molecule is COC(=O)c1ccc(C(=O)OC)c(N=NC(C(C)=O)C(=O)Nc2ccc(NC(=O)CC(C)=O)cc2)c1. The number of ketones is 2. The van der Waals surface area contributed by atoms with Crippen LogP contribution in [0, 0.1) is 0 Å². The van der Waals surface area contributed by atoms with E-state index in [1.807, 2.05) is 0 Å². The molecule has 0 saturated heterocycles. The zero-order valence-electron chi connectivity index (χ0n) is 20.0. The Hall–Kier alpha value is -4.74. The number of anilines is 2. The second-order valence-corrected chi connectivity index (χ2v) is 7.44. The topological polar surface area (TPSA) is 170 Å². The van der Waals surface area contributed by atoms with Crippen molar-refractivity contribution in [3.8, 4) is 0 Å². The van der Waals surface area contributed by atoms with Crippen molar-refractivity contribution < 1.29 is 38.2 Å². The van der Waals surface area contributed by atoms with E-state index in [-0.39, 0.29) is 29.0 Å². The van der Waals surface area contributed by atoms with Crippen molar-refractivity contribution in [3.05, 3.63) is 53.6 Å². The summed E-state index contributed by atoms with van der Waals surface area (Å²) >= 11 is 0. The summed E-state index contributed by atoms with van der Waals surface area (Å²) in [4.78, 5) is 71.4. The predicted molar refractivity (Wildman–Crippen MR) is 127 cm³/mol. The maximum Gasteiger partial charge on any atom is 0.340 e. The molecule has 0 bridgehead atoms. The van der Waals surface area contributed by atoms with E-state index < -0.39 is 35.6 Å². The average Bonchev–Trinajstić information content (AvgIpc) is 2.83. The second kappa shape index (κ2) is 12.6. The summed E-state index contributed by atoms with van der Waals surface area (Å²) in [7, 11) is 2.34. The van der Waals surface area contributed by atoms with Crippen LogP contribution < -0.4 is 10.6 Å². The normalized spacial score (nSPS) is 11.3. The molecular weight excluding hydrogens is 472 g/mol. The monoisotopic (exact) mass is 496 g/mol. The molecule has 0 aliphatic rings. The van der Waals surface area contributed by atoms with Crippen LogP contribution in [0.4, 0.5) is 17.1 Å². The number of Topliss-reactive ketones (excluding diaryl/α,β-unsaturated/α-hetero) is 2. The lowest BCUT2D eigenvalue weighted by atomic mass is 10.1. The lowest BCUT2D eigenvalue weighted by Gasteiger charge is -2.11. The molecule has 0 aliphatic heterocycles. The summed E-state index contributed by atoms with van der Waals surface area (Å²) in [6.07, 6.45) is -0.260. The largest absolute Gasteiger partial charge is 0.465 e.